The van der Waals surface area contributed by atoms with Crippen molar-refractivity contribution >= 4 is 11.4 Å². The molecule has 17 heavy (non-hydrogen) atoms. The molecule has 3 rings (SSSR count). The second-order valence-electron chi connectivity index (χ2n) is 3.90. The number of nitrogens with zero attached hydrogens (tertiary/aromatic N) is 1. The van der Waals surface area contributed by atoms with Crippen molar-refractivity contribution in [1.29, 1.82) is 5.26 Å². The fourth-order valence-electron chi connectivity index (χ4n) is 2.17. The monoisotopic (exact) mass is 218 g/mol. The van der Waals surface area contributed by atoms with E-state index in [1.54, 1.807) is 6.08 Å². The van der Waals surface area contributed by atoms with Crippen LogP contribution in [-0.4, -0.2) is 0 Å². The lowest BCUT2D eigenvalue weighted by Crippen LogP contribution is -2.07. The lowest BCUT2D eigenvalue weighted by Gasteiger charge is -2.23. The molecule has 2 nitrogen and oxygen atoms in total. The molecular formula is C15H10N2. The van der Waals surface area contributed by atoms with Crippen molar-refractivity contribution in [3.63, 3.8) is 0 Å². The number of allylic oxidation sites excluding steroid dienone is 1. The molecule has 0 fully saturated rings. The van der Waals surface area contributed by atoms with Gasteiger partial charge in [0.25, 0.3) is 0 Å². The van der Waals surface area contributed by atoms with Gasteiger partial charge in [0, 0.05) is 22.9 Å². The Hall–Kier alpha value is -2.53. The lowest BCUT2D eigenvalue weighted by molar-refractivity contribution is 1.46. The average Bonchev–Trinajstić information content (AvgIpc) is 2.39. The summed E-state index contributed by atoms with van der Waals surface area (Å²) in [7, 11) is 0. The molecule has 0 aliphatic carbocycles. The molecule has 0 saturated heterocycles. The van der Waals surface area contributed by atoms with E-state index >= 15 is 0 Å². The van der Waals surface area contributed by atoms with Crippen molar-refractivity contribution in [2.24, 2.45) is 0 Å². The van der Waals surface area contributed by atoms with E-state index in [9.17, 15) is 0 Å². The van der Waals surface area contributed by atoms with Crippen molar-refractivity contribution < 1.29 is 0 Å². The van der Waals surface area contributed by atoms with Gasteiger partial charge in [-0.15, -0.1) is 0 Å². The van der Waals surface area contributed by atoms with Crippen LogP contribution in [0.4, 0.5) is 5.69 Å². The van der Waals surface area contributed by atoms with Gasteiger partial charge >= 0.3 is 0 Å². The van der Waals surface area contributed by atoms with Gasteiger partial charge in [-0.3, -0.25) is 0 Å². The molecular weight excluding hydrogens is 208 g/mol. The van der Waals surface area contributed by atoms with Crippen LogP contribution in [0.5, 0.6) is 0 Å². The van der Waals surface area contributed by atoms with E-state index < -0.39 is 0 Å². The number of nitriles is 1. The first kappa shape index (κ1) is 9.68. The van der Waals surface area contributed by atoms with Crippen LogP contribution in [0.1, 0.15) is 5.56 Å². The molecule has 0 radical (unpaired) electrons. The van der Waals surface area contributed by atoms with Crippen molar-refractivity contribution in [3.8, 4) is 17.2 Å². The molecule has 0 aromatic heterocycles. The molecule has 2 aromatic carbocycles. The highest BCUT2D eigenvalue weighted by molar-refractivity contribution is 5.97. The SMILES string of the molecule is N#CC=C1Nc2ccccc2-c2ccccc21. The van der Waals surface area contributed by atoms with Crippen molar-refractivity contribution in [3.05, 3.63) is 60.2 Å². The van der Waals surface area contributed by atoms with Crippen LogP contribution in [0.15, 0.2) is 54.6 Å². The molecule has 2 heteroatoms. The highest BCUT2D eigenvalue weighted by atomic mass is 14.9. The number of hydrogen-bond acceptors (Lipinski definition) is 2. The Morgan fingerprint density at radius 1 is 0.882 bits per heavy atom. The second kappa shape index (κ2) is 3.80. The summed E-state index contributed by atoms with van der Waals surface area (Å²) in [6.07, 6.45) is 1.55. The van der Waals surface area contributed by atoms with Crippen LogP contribution in [0.25, 0.3) is 16.8 Å². The van der Waals surface area contributed by atoms with Gasteiger partial charge in [0.15, 0.2) is 0 Å². The van der Waals surface area contributed by atoms with E-state index in [0.29, 0.717) is 0 Å². The van der Waals surface area contributed by atoms with Gasteiger partial charge in [0.05, 0.1) is 11.8 Å². The zero-order valence-corrected chi connectivity index (χ0v) is 9.14. The number of fused-ring (bicyclic) bond motifs is 3. The molecule has 0 saturated carbocycles. The Bertz CT molecular complexity index is 648. The fourth-order valence-corrected chi connectivity index (χ4v) is 2.17. The predicted octanol–water partition coefficient (Wildman–Crippen LogP) is 3.64. The largest absolute Gasteiger partial charge is 0.354 e. The zero-order chi connectivity index (χ0) is 11.7. The number of rotatable bonds is 0. The number of hydrogen-bond donors (Lipinski definition) is 1. The molecule has 80 valence electrons. The molecule has 0 amide bonds. The first-order chi connectivity index (χ1) is 8.40. The number of nitrogens with one attached hydrogen (secondary N) is 1. The number of benzene rings is 2. The van der Waals surface area contributed by atoms with Crippen LogP contribution in [0, 0.1) is 11.3 Å². The third-order valence-electron chi connectivity index (χ3n) is 2.91. The molecule has 1 heterocycles. The van der Waals surface area contributed by atoms with Crippen molar-refractivity contribution in [2.45, 2.75) is 0 Å². The highest BCUT2D eigenvalue weighted by Gasteiger charge is 2.17. The van der Waals surface area contributed by atoms with Gasteiger partial charge in [-0.05, 0) is 11.6 Å². The topological polar surface area (TPSA) is 35.8 Å². The molecule has 0 spiro atoms. The summed E-state index contributed by atoms with van der Waals surface area (Å²) in [6, 6.07) is 18.3. The summed E-state index contributed by atoms with van der Waals surface area (Å²) in [4.78, 5) is 0. The average molecular weight is 218 g/mol. The molecule has 1 aliphatic rings. The Morgan fingerprint density at radius 3 is 2.29 bits per heavy atom. The highest BCUT2D eigenvalue weighted by Crippen LogP contribution is 2.39. The van der Waals surface area contributed by atoms with Crippen LogP contribution < -0.4 is 5.32 Å². The molecule has 2 aromatic rings. The Kier molecular flexibility index (Phi) is 2.16. The summed E-state index contributed by atoms with van der Waals surface area (Å²) in [6.45, 7) is 0. The summed E-state index contributed by atoms with van der Waals surface area (Å²) in [5, 5.41) is 12.1. The zero-order valence-electron chi connectivity index (χ0n) is 9.14. The third kappa shape index (κ3) is 1.49. The van der Waals surface area contributed by atoms with E-state index in [1.165, 1.54) is 11.1 Å². The predicted molar refractivity (Wildman–Crippen MR) is 69.1 cm³/mol. The standard InChI is InChI=1S/C15H10N2/c16-10-9-15-13-6-2-1-5-11(13)12-7-3-4-8-14(12)17-15/h1-9,17H. The Morgan fingerprint density at radius 2 is 1.53 bits per heavy atom. The maximum atomic E-state index is 8.83. The minimum absolute atomic E-state index is 0.863. The summed E-state index contributed by atoms with van der Waals surface area (Å²) in [5.74, 6) is 0. The smallest absolute Gasteiger partial charge is 0.0934 e. The summed E-state index contributed by atoms with van der Waals surface area (Å²) < 4.78 is 0. The Balaban J connectivity index is 2.31. The minimum atomic E-state index is 0.863. The van der Waals surface area contributed by atoms with Crippen LogP contribution in [0.2, 0.25) is 0 Å². The van der Waals surface area contributed by atoms with E-state index in [0.717, 1.165) is 16.9 Å². The van der Waals surface area contributed by atoms with E-state index in [-0.39, 0.29) is 0 Å². The van der Waals surface area contributed by atoms with E-state index in [4.69, 9.17) is 5.26 Å². The van der Waals surface area contributed by atoms with Gasteiger partial charge < -0.3 is 5.32 Å². The van der Waals surface area contributed by atoms with Gasteiger partial charge in [-0.25, -0.2) is 0 Å². The quantitative estimate of drug-likeness (QED) is 0.685. The normalized spacial score (nSPS) is 14.4. The molecule has 0 bridgehead atoms. The van der Waals surface area contributed by atoms with Crippen LogP contribution >= 0.6 is 0 Å². The second-order valence-corrected chi connectivity index (χ2v) is 3.90. The minimum Gasteiger partial charge on any atom is -0.354 e. The first-order valence-electron chi connectivity index (χ1n) is 5.46. The molecule has 1 aliphatic heterocycles. The summed E-state index contributed by atoms with van der Waals surface area (Å²) >= 11 is 0. The summed E-state index contributed by atoms with van der Waals surface area (Å²) in [5.41, 5.74) is 5.34. The maximum absolute atomic E-state index is 8.83. The van der Waals surface area contributed by atoms with Gasteiger partial charge in [-0.2, -0.15) is 5.26 Å². The molecule has 0 atom stereocenters. The molecule has 1 N–H and O–H groups in total. The lowest BCUT2D eigenvalue weighted by atomic mass is 9.92. The maximum Gasteiger partial charge on any atom is 0.0934 e. The van der Waals surface area contributed by atoms with Crippen LogP contribution in [-0.2, 0) is 0 Å². The first-order valence-corrected chi connectivity index (χ1v) is 5.46. The van der Waals surface area contributed by atoms with Gasteiger partial charge in [0.1, 0.15) is 0 Å². The van der Waals surface area contributed by atoms with Crippen LogP contribution in [0.3, 0.4) is 0 Å². The third-order valence-corrected chi connectivity index (χ3v) is 2.91. The Labute approximate surface area is 99.8 Å². The fraction of sp³-hybridized carbons (Fsp3) is 0. The van der Waals surface area contributed by atoms with E-state index in [2.05, 4.69) is 23.5 Å². The van der Waals surface area contributed by atoms with Crippen molar-refractivity contribution in [2.75, 3.05) is 5.32 Å². The van der Waals surface area contributed by atoms with E-state index in [1.807, 2.05) is 36.4 Å². The van der Waals surface area contributed by atoms with Gasteiger partial charge in [-0.1, -0.05) is 42.5 Å². The number of para-hydroxylation sites is 1. The van der Waals surface area contributed by atoms with Gasteiger partial charge in [0.2, 0.25) is 0 Å². The van der Waals surface area contributed by atoms with Crippen molar-refractivity contribution in [1.82, 2.24) is 0 Å². The molecule has 0 unspecified atom stereocenters. The number of anilines is 1.